The van der Waals surface area contributed by atoms with E-state index in [0.29, 0.717) is 11.9 Å². The summed E-state index contributed by atoms with van der Waals surface area (Å²) in [6.07, 6.45) is 0. The fourth-order valence-corrected chi connectivity index (χ4v) is 3.29. The van der Waals surface area contributed by atoms with Gasteiger partial charge in [0.25, 0.3) is 0 Å². The molecular weight excluding hydrogens is 457 g/mol. The number of guanidine groups is 1. The lowest BCUT2D eigenvalue weighted by molar-refractivity contribution is 0.185. The molecule has 0 radical (unpaired) electrons. The minimum Gasteiger partial charge on any atom is -0.380 e. The van der Waals surface area contributed by atoms with Crippen molar-refractivity contribution in [1.29, 1.82) is 0 Å². The van der Waals surface area contributed by atoms with Crippen LogP contribution in [0.1, 0.15) is 18.1 Å². The van der Waals surface area contributed by atoms with Crippen molar-refractivity contribution in [1.82, 2.24) is 10.6 Å². The van der Waals surface area contributed by atoms with Crippen LogP contribution in [0, 0.1) is 0 Å². The highest BCUT2D eigenvalue weighted by molar-refractivity contribution is 14.0. The van der Waals surface area contributed by atoms with Gasteiger partial charge >= 0.3 is 0 Å². The molecule has 1 unspecified atom stereocenters. The molecule has 0 saturated heterocycles. The van der Waals surface area contributed by atoms with Gasteiger partial charge in [-0.2, -0.15) is 0 Å². The highest BCUT2D eigenvalue weighted by Gasteiger charge is 2.06. The van der Waals surface area contributed by atoms with Gasteiger partial charge in [0.1, 0.15) is 0 Å². The van der Waals surface area contributed by atoms with E-state index in [9.17, 15) is 0 Å². The van der Waals surface area contributed by atoms with Crippen LogP contribution in [0.5, 0.6) is 0 Å². The standard InChI is InChI=1S/C20H27N3OS.HI/c1-16(25-19-7-5-4-6-8-19)13-22-20(21-2)23-14-17-9-11-18(12-10-17)15-24-3;/h4-12,16H,13-15H2,1-3H3,(H2,21,22,23);1H. The van der Waals surface area contributed by atoms with Crippen LogP contribution in [0.15, 0.2) is 64.5 Å². The van der Waals surface area contributed by atoms with E-state index in [-0.39, 0.29) is 24.0 Å². The van der Waals surface area contributed by atoms with E-state index >= 15 is 0 Å². The summed E-state index contributed by atoms with van der Waals surface area (Å²) in [5, 5.41) is 7.20. The Morgan fingerprint density at radius 3 is 2.31 bits per heavy atom. The van der Waals surface area contributed by atoms with Crippen LogP contribution in [0.25, 0.3) is 0 Å². The summed E-state index contributed by atoms with van der Waals surface area (Å²) in [6.45, 7) is 4.46. The van der Waals surface area contributed by atoms with E-state index in [1.807, 2.05) is 17.8 Å². The maximum Gasteiger partial charge on any atom is 0.191 e. The Morgan fingerprint density at radius 2 is 1.69 bits per heavy atom. The molecular formula is C20H28IN3OS. The van der Waals surface area contributed by atoms with Crippen LogP contribution in [0.3, 0.4) is 0 Å². The van der Waals surface area contributed by atoms with Crippen LogP contribution < -0.4 is 10.6 Å². The number of rotatable bonds is 8. The molecule has 0 fully saturated rings. The smallest absolute Gasteiger partial charge is 0.191 e. The van der Waals surface area contributed by atoms with Crippen molar-refractivity contribution >= 4 is 41.7 Å². The fraction of sp³-hybridized carbons (Fsp3) is 0.350. The first kappa shape index (κ1) is 22.8. The molecule has 6 heteroatoms. The van der Waals surface area contributed by atoms with Gasteiger partial charge in [-0.1, -0.05) is 49.4 Å². The third-order valence-electron chi connectivity index (χ3n) is 3.65. The highest BCUT2D eigenvalue weighted by atomic mass is 127. The summed E-state index contributed by atoms with van der Waals surface area (Å²) in [4.78, 5) is 5.58. The van der Waals surface area contributed by atoms with Gasteiger partial charge in [0.05, 0.1) is 6.61 Å². The quantitative estimate of drug-likeness (QED) is 0.254. The Balaban J connectivity index is 0.00000338. The molecule has 2 rings (SSSR count). The largest absolute Gasteiger partial charge is 0.380 e. The SMILES string of the molecule is CN=C(NCc1ccc(COC)cc1)NCC(C)Sc1ccccc1.I. The Bertz CT molecular complexity index is 650. The molecule has 26 heavy (non-hydrogen) atoms. The van der Waals surface area contributed by atoms with Gasteiger partial charge < -0.3 is 15.4 Å². The van der Waals surface area contributed by atoms with Crippen molar-refractivity contribution in [2.24, 2.45) is 4.99 Å². The van der Waals surface area contributed by atoms with Gasteiger partial charge in [-0.25, -0.2) is 0 Å². The second-order valence-electron chi connectivity index (χ2n) is 5.80. The maximum atomic E-state index is 5.13. The average molecular weight is 485 g/mol. The van der Waals surface area contributed by atoms with Crippen molar-refractivity contribution in [2.75, 3.05) is 20.7 Å². The summed E-state index contributed by atoms with van der Waals surface area (Å²) < 4.78 is 5.13. The summed E-state index contributed by atoms with van der Waals surface area (Å²) >= 11 is 1.86. The number of ether oxygens (including phenoxy) is 1. The van der Waals surface area contributed by atoms with Crippen molar-refractivity contribution in [3.05, 3.63) is 65.7 Å². The first-order chi connectivity index (χ1) is 12.2. The van der Waals surface area contributed by atoms with Gasteiger partial charge in [0.15, 0.2) is 5.96 Å². The molecule has 4 nitrogen and oxygen atoms in total. The average Bonchev–Trinajstić information content (AvgIpc) is 2.64. The Labute approximate surface area is 178 Å². The molecule has 0 heterocycles. The molecule has 0 aliphatic rings. The molecule has 0 bridgehead atoms. The summed E-state index contributed by atoms with van der Waals surface area (Å²) in [6, 6.07) is 18.9. The maximum absolute atomic E-state index is 5.13. The molecule has 0 aromatic heterocycles. The van der Waals surface area contributed by atoms with Gasteiger partial charge in [-0.05, 0) is 23.3 Å². The minimum absolute atomic E-state index is 0. The zero-order valence-electron chi connectivity index (χ0n) is 15.6. The molecule has 0 amide bonds. The van der Waals surface area contributed by atoms with Crippen LogP contribution in [-0.4, -0.2) is 31.9 Å². The van der Waals surface area contributed by atoms with Crippen LogP contribution in [0.4, 0.5) is 0 Å². The number of hydrogen-bond acceptors (Lipinski definition) is 3. The third kappa shape index (κ3) is 8.42. The Kier molecular flexibility index (Phi) is 11.4. The number of aliphatic imine (C=N–C) groups is 1. The van der Waals surface area contributed by atoms with E-state index in [4.69, 9.17) is 4.74 Å². The Hall–Kier alpha value is -1.25. The van der Waals surface area contributed by atoms with Crippen LogP contribution >= 0.6 is 35.7 Å². The van der Waals surface area contributed by atoms with Crippen molar-refractivity contribution in [3.8, 4) is 0 Å². The number of nitrogens with zero attached hydrogens (tertiary/aromatic N) is 1. The first-order valence-corrected chi connectivity index (χ1v) is 9.32. The van der Waals surface area contributed by atoms with Gasteiger partial charge in [0, 0.05) is 37.4 Å². The lowest BCUT2D eigenvalue weighted by Gasteiger charge is -2.16. The van der Waals surface area contributed by atoms with Crippen LogP contribution in [0.2, 0.25) is 0 Å². The number of thioether (sulfide) groups is 1. The number of halogens is 1. The topological polar surface area (TPSA) is 45.7 Å². The summed E-state index contributed by atoms with van der Waals surface area (Å²) in [5.41, 5.74) is 2.40. The summed E-state index contributed by atoms with van der Waals surface area (Å²) in [5.74, 6) is 0.821. The number of hydrogen-bond donors (Lipinski definition) is 2. The van der Waals surface area contributed by atoms with Crippen molar-refractivity contribution in [3.63, 3.8) is 0 Å². The molecule has 1 atom stereocenters. The molecule has 0 aliphatic carbocycles. The minimum atomic E-state index is 0. The van der Waals surface area contributed by atoms with Gasteiger partial charge in [-0.15, -0.1) is 35.7 Å². The monoisotopic (exact) mass is 485 g/mol. The zero-order valence-corrected chi connectivity index (χ0v) is 18.7. The Morgan fingerprint density at radius 1 is 1.04 bits per heavy atom. The fourth-order valence-electron chi connectivity index (χ4n) is 2.34. The number of benzene rings is 2. The molecule has 0 aliphatic heterocycles. The van der Waals surface area contributed by atoms with Crippen molar-refractivity contribution in [2.45, 2.75) is 30.2 Å². The predicted molar refractivity (Wildman–Crippen MR) is 123 cm³/mol. The molecule has 2 aromatic carbocycles. The van der Waals surface area contributed by atoms with E-state index in [1.54, 1.807) is 14.2 Å². The number of nitrogens with one attached hydrogen (secondary N) is 2. The normalized spacial score (nSPS) is 12.2. The molecule has 142 valence electrons. The van der Waals surface area contributed by atoms with E-state index in [1.165, 1.54) is 16.0 Å². The zero-order chi connectivity index (χ0) is 17.9. The molecule has 2 N–H and O–H groups in total. The van der Waals surface area contributed by atoms with Gasteiger partial charge in [-0.3, -0.25) is 4.99 Å². The molecule has 0 spiro atoms. The van der Waals surface area contributed by atoms with E-state index in [0.717, 1.165) is 19.0 Å². The second kappa shape index (κ2) is 13.0. The first-order valence-electron chi connectivity index (χ1n) is 8.44. The predicted octanol–water partition coefficient (Wildman–Crippen LogP) is 4.30. The lowest BCUT2D eigenvalue weighted by atomic mass is 10.1. The van der Waals surface area contributed by atoms with Gasteiger partial charge in [0.2, 0.25) is 0 Å². The number of methoxy groups -OCH3 is 1. The van der Waals surface area contributed by atoms with Crippen molar-refractivity contribution < 1.29 is 4.74 Å². The molecule has 0 saturated carbocycles. The second-order valence-corrected chi connectivity index (χ2v) is 7.31. The van der Waals surface area contributed by atoms with Crippen LogP contribution in [-0.2, 0) is 17.9 Å². The molecule has 2 aromatic rings. The van der Waals surface area contributed by atoms with E-state index in [2.05, 4.69) is 71.1 Å². The van der Waals surface area contributed by atoms with E-state index < -0.39 is 0 Å². The lowest BCUT2D eigenvalue weighted by Crippen LogP contribution is -2.39. The highest BCUT2D eigenvalue weighted by Crippen LogP contribution is 2.21. The summed E-state index contributed by atoms with van der Waals surface area (Å²) in [7, 11) is 3.51. The third-order valence-corrected chi connectivity index (χ3v) is 4.77.